The molecule has 2 heterocycles. The van der Waals surface area contributed by atoms with Gasteiger partial charge in [0.05, 0.1) is 10.3 Å². The van der Waals surface area contributed by atoms with Gasteiger partial charge >= 0.3 is 0 Å². The van der Waals surface area contributed by atoms with Crippen molar-refractivity contribution in [2.24, 2.45) is 0 Å². The second-order valence-electron chi connectivity index (χ2n) is 7.39. The molecule has 0 bridgehead atoms. The molecule has 5 nitrogen and oxygen atoms in total. The average Bonchev–Trinajstić information content (AvgIpc) is 3.42. The van der Waals surface area contributed by atoms with Crippen LogP contribution in [0.4, 0.5) is 0 Å². The van der Waals surface area contributed by atoms with Gasteiger partial charge in [-0.2, -0.15) is 0 Å². The number of likely N-dealkylation sites (tertiary alicyclic amines) is 1. The lowest BCUT2D eigenvalue weighted by Crippen LogP contribution is -2.34. The number of amides is 1. The van der Waals surface area contributed by atoms with Gasteiger partial charge in [0.15, 0.2) is 11.0 Å². The summed E-state index contributed by atoms with van der Waals surface area (Å²) < 4.78 is 2.23. The normalized spacial score (nSPS) is 19.0. The van der Waals surface area contributed by atoms with Crippen molar-refractivity contribution < 1.29 is 4.79 Å². The van der Waals surface area contributed by atoms with Gasteiger partial charge in [0.1, 0.15) is 0 Å². The highest BCUT2D eigenvalue weighted by molar-refractivity contribution is 8.00. The van der Waals surface area contributed by atoms with E-state index in [1.807, 2.05) is 36.1 Å². The molecule has 27 heavy (non-hydrogen) atoms. The second kappa shape index (κ2) is 8.23. The molecule has 2 aliphatic rings. The highest BCUT2D eigenvalue weighted by Crippen LogP contribution is 2.39. The van der Waals surface area contributed by atoms with Gasteiger partial charge in [-0.15, -0.1) is 10.2 Å². The van der Waals surface area contributed by atoms with Crippen LogP contribution in [0.25, 0.3) is 11.4 Å². The number of carbonyl (C=O) groups excluding carboxylic acids is 1. The maximum Gasteiger partial charge on any atom is 0.235 e. The van der Waals surface area contributed by atoms with E-state index < -0.39 is 0 Å². The van der Waals surface area contributed by atoms with Crippen LogP contribution >= 0.6 is 23.4 Å². The molecule has 1 aliphatic heterocycles. The standard InChI is InChI=1S/C20H25ClN4OS/c1-14(19(26)24-12-6-7-13-24)27-20-23-22-18(16-10-4-5-11-17(16)21)25(20)15-8-2-3-9-15/h4-5,10-11,14-15H,2-3,6-9,12-13H2,1H3. The van der Waals surface area contributed by atoms with E-state index in [2.05, 4.69) is 14.8 Å². The van der Waals surface area contributed by atoms with Crippen molar-refractivity contribution in [3.8, 4) is 11.4 Å². The molecule has 7 heteroatoms. The van der Waals surface area contributed by atoms with E-state index in [0.29, 0.717) is 11.1 Å². The molecule has 0 radical (unpaired) electrons. The van der Waals surface area contributed by atoms with Crippen LogP contribution < -0.4 is 0 Å². The summed E-state index contributed by atoms with van der Waals surface area (Å²) >= 11 is 7.97. The molecular formula is C20H25ClN4OS. The molecule has 4 rings (SSSR count). The highest BCUT2D eigenvalue weighted by Gasteiger charge is 2.29. The van der Waals surface area contributed by atoms with Crippen molar-refractivity contribution in [3.63, 3.8) is 0 Å². The minimum Gasteiger partial charge on any atom is -0.342 e. The van der Waals surface area contributed by atoms with Crippen LogP contribution in [0.1, 0.15) is 51.5 Å². The van der Waals surface area contributed by atoms with E-state index in [4.69, 9.17) is 11.6 Å². The first kappa shape index (κ1) is 18.8. The first-order valence-electron chi connectivity index (χ1n) is 9.80. The lowest BCUT2D eigenvalue weighted by Gasteiger charge is -2.21. The Morgan fingerprint density at radius 1 is 1.15 bits per heavy atom. The number of aromatic nitrogens is 3. The van der Waals surface area contributed by atoms with Gasteiger partial charge in [-0.1, -0.05) is 48.3 Å². The fourth-order valence-electron chi connectivity index (χ4n) is 4.08. The zero-order chi connectivity index (χ0) is 18.8. The number of hydrogen-bond donors (Lipinski definition) is 0. The second-order valence-corrected chi connectivity index (χ2v) is 9.10. The largest absolute Gasteiger partial charge is 0.342 e. The average molecular weight is 405 g/mol. The summed E-state index contributed by atoms with van der Waals surface area (Å²) in [4.78, 5) is 14.7. The fourth-order valence-corrected chi connectivity index (χ4v) is 5.30. The number of nitrogens with zero attached hydrogens (tertiary/aromatic N) is 4. The van der Waals surface area contributed by atoms with Crippen LogP contribution in [0.3, 0.4) is 0 Å². The van der Waals surface area contributed by atoms with Crippen LogP contribution in [0.15, 0.2) is 29.4 Å². The Morgan fingerprint density at radius 2 is 1.85 bits per heavy atom. The van der Waals surface area contributed by atoms with Crippen molar-refractivity contribution in [1.29, 1.82) is 0 Å². The summed E-state index contributed by atoms with van der Waals surface area (Å²) in [5.74, 6) is 1.02. The summed E-state index contributed by atoms with van der Waals surface area (Å²) in [5, 5.41) is 10.3. The van der Waals surface area contributed by atoms with E-state index in [1.165, 1.54) is 24.6 Å². The van der Waals surface area contributed by atoms with Crippen molar-refractivity contribution >= 4 is 29.3 Å². The lowest BCUT2D eigenvalue weighted by atomic mass is 10.2. The third kappa shape index (κ3) is 3.87. The predicted molar refractivity (Wildman–Crippen MR) is 109 cm³/mol. The molecule has 1 atom stereocenters. The molecule has 1 aromatic heterocycles. The predicted octanol–water partition coefficient (Wildman–Crippen LogP) is 4.82. The monoisotopic (exact) mass is 404 g/mol. The molecule has 1 amide bonds. The summed E-state index contributed by atoms with van der Waals surface area (Å²) in [5.41, 5.74) is 0.906. The number of carbonyl (C=O) groups is 1. The van der Waals surface area contributed by atoms with Crippen LogP contribution in [0.5, 0.6) is 0 Å². The smallest absolute Gasteiger partial charge is 0.235 e. The maximum atomic E-state index is 12.7. The molecule has 1 saturated carbocycles. The zero-order valence-corrected chi connectivity index (χ0v) is 17.2. The molecule has 0 N–H and O–H groups in total. The van der Waals surface area contributed by atoms with E-state index in [-0.39, 0.29) is 11.2 Å². The molecule has 1 aromatic carbocycles. The Labute approximate surface area is 169 Å². The first-order valence-corrected chi connectivity index (χ1v) is 11.1. The quantitative estimate of drug-likeness (QED) is 0.670. The molecule has 1 unspecified atom stereocenters. The maximum absolute atomic E-state index is 12.7. The van der Waals surface area contributed by atoms with E-state index in [0.717, 1.165) is 55.3 Å². The van der Waals surface area contributed by atoms with Crippen molar-refractivity contribution in [1.82, 2.24) is 19.7 Å². The van der Waals surface area contributed by atoms with E-state index in [1.54, 1.807) is 0 Å². The van der Waals surface area contributed by atoms with Crippen LogP contribution in [0.2, 0.25) is 5.02 Å². The number of halogens is 1. The fraction of sp³-hybridized carbons (Fsp3) is 0.550. The summed E-state index contributed by atoms with van der Waals surface area (Å²) in [6.07, 6.45) is 6.90. The summed E-state index contributed by atoms with van der Waals surface area (Å²) in [7, 11) is 0. The Bertz CT molecular complexity index is 812. The van der Waals surface area contributed by atoms with Gasteiger partial charge in [0.25, 0.3) is 0 Å². The Hall–Kier alpha value is -1.53. The Kier molecular flexibility index (Phi) is 5.74. The lowest BCUT2D eigenvalue weighted by molar-refractivity contribution is -0.129. The number of hydrogen-bond acceptors (Lipinski definition) is 4. The van der Waals surface area contributed by atoms with Crippen LogP contribution in [-0.4, -0.2) is 43.9 Å². The minimum absolute atomic E-state index is 0.161. The third-order valence-electron chi connectivity index (χ3n) is 5.52. The van der Waals surface area contributed by atoms with Crippen molar-refractivity contribution in [2.75, 3.05) is 13.1 Å². The minimum atomic E-state index is -0.161. The van der Waals surface area contributed by atoms with Gasteiger partial charge in [0.2, 0.25) is 5.91 Å². The highest BCUT2D eigenvalue weighted by atomic mass is 35.5. The topological polar surface area (TPSA) is 51.0 Å². The van der Waals surface area contributed by atoms with E-state index in [9.17, 15) is 4.79 Å². The zero-order valence-electron chi connectivity index (χ0n) is 15.6. The molecule has 2 fully saturated rings. The van der Waals surface area contributed by atoms with Gasteiger partial charge < -0.3 is 4.90 Å². The van der Waals surface area contributed by atoms with Gasteiger partial charge in [-0.05, 0) is 44.7 Å². The molecule has 2 aromatic rings. The van der Waals surface area contributed by atoms with E-state index >= 15 is 0 Å². The van der Waals surface area contributed by atoms with Gasteiger partial charge in [0, 0.05) is 24.7 Å². The Morgan fingerprint density at radius 3 is 2.56 bits per heavy atom. The molecule has 1 saturated heterocycles. The van der Waals surface area contributed by atoms with Crippen LogP contribution in [-0.2, 0) is 4.79 Å². The first-order chi connectivity index (χ1) is 13.1. The number of benzene rings is 1. The van der Waals surface area contributed by atoms with Crippen molar-refractivity contribution in [3.05, 3.63) is 29.3 Å². The van der Waals surface area contributed by atoms with Crippen molar-refractivity contribution in [2.45, 2.75) is 61.9 Å². The summed E-state index contributed by atoms with van der Waals surface area (Å²) in [6, 6.07) is 8.15. The SMILES string of the molecule is CC(Sc1nnc(-c2ccccc2Cl)n1C1CCCC1)C(=O)N1CCCC1. The number of rotatable bonds is 5. The van der Waals surface area contributed by atoms with Gasteiger partial charge in [-0.3, -0.25) is 9.36 Å². The van der Waals surface area contributed by atoms with Crippen LogP contribution in [0, 0.1) is 0 Å². The summed E-state index contributed by atoms with van der Waals surface area (Å²) in [6.45, 7) is 3.74. The molecule has 0 spiro atoms. The Balaban J connectivity index is 1.64. The molecular weight excluding hydrogens is 380 g/mol. The molecule has 1 aliphatic carbocycles. The van der Waals surface area contributed by atoms with Gasteiger partial charge in [-0.25, -0.2) is 0 Å². The number of thioether (sulfide) groups is 1. The molecule has 144 valence electrons. The third-order valence-corrected chi connectivity index (χ3v) is 6.89.